The Bertz CT molecular complexity index is 177. The van der Waals surface area contributed by atoms with Gasteiger partial charge in [0.2, 0.25) is 0 Å². The predicted molar refractivity (Wildman–Crippen MR) is 28.3 cm³/mol. The molecule has 0 aliphatic heterocycles. The summed E-state index contributed by atoms with van der Waals surface area (Å²) < 4.78 is 9.95. The molecule has 0 atom stereocenters. The van der Waals surface area contributed by atoms with Crippen molar-refractivity contribution in [2.24, 2.45) is 0 Å². The van der Waals surface area contributed by atoms with Gasteiger partial charge < -0.3 is 0 Å². The van der Waals surface area contributed by atoms with Crippen LogP contribution in [0.4, 0.5) is 0 Å². The van der Waals surface area contributed by atoms with Crippen molar-refractivity contribution in [3.8, 4) is 0 Å². The summed E-state index contributed by atoms with van der Waals surface area (Å²) >= 11 is 0.345. The van der Waals surface area contributed by atoms with E-state index in [1.165, 1.54) is 18.6 Å². The first-order chi connectivity index (χ1) is 3.93. The second-order valence-corrected chi connectivity index (χ2v) is 1.71. The minimum Gasteiger partial charge on any atom is -0.255 e. The fraction of sp³-hybridized carbons (Fsp3) is 0. The molecule has 0 aliphatic rings. The maximum absolute atomic E-state index is 9.95. The first-order valence-electron chi connectivity index (χ1n) is 1.99. The average molecular weight is 127 g/mol. The molecule has 0 spiro atoms. The Morgan fingerprint density at radius 1 is 1.50 bits per heavy atom. The number of hydrogen-bond donors (Lipinski definition) is 0. The van der Waals surface area contributed by atoms with E-state index in [4.69, 9.17) is 0 Å². The Hall–Kier alpha value is -0.900. The number of hydrogen-bond acceptors (Lipinski definition) is 3. The van der Waals surface area contributed by atoms with Crippen LogP contribution in [0.2, 0.25) is 0 Å². The topological polar surface area (TPSA) is 42.9 Å². The molecule has 40 valence electrons. The van der Waals surface area contributed by atoms with E-state index >= 15 is 0 Å². The maximum atomic E-state index is 9.95. The van der Waals surface area contributed by atoms with E-state index in [0.29, 0.717) is 16.7 Å². The van der Waals surface area contributed by atoms with Gasteiger partial charge in [0.15, 0.2) is 0 Å². The molecule has 0 N–H and O–H groups in total. The van der Waals surface area contributed by atoms with Crippen molar-refractivity contribution in [1.82, 2.24) is 9.97 Å². The van der Waals surface area contributed by atoms with E-state index in [2.05, 4.69) is 9.97 Å². The Balaban J connectivity index is 2.99. The minimum absolute atomic E-state index is 0.345. The number of rotatable bonds is 1. The molecular formula is C4H3N2OS+. The van der Waals surface area contributed by atoms with Crippen LogP contribution in [0.25, 0.3) is 0 Å². The molecule has 1 rings (SSSR count). The van der Waals surface area contributed by atoms with Crippen LogP contribution in [0.3, 0.4) is 0 Å². The second-order valence-electron chi connectivity index (χ2n) is 1.13. The Labute approximate surface area is 50.3 Å². The Morgan fingerprint density at radius 3 is 2.75 bits per heavy atom. The van der Waals surface area contributed by atoms with Crippen LogP contribution in [-0.4, -0.2) is 9.97 Å². The molecule has 0 saturated heterocycles. The van der Waals surface area contributed by atoms with Crippen LogP contribution in [0, 0.1) is 0 Å². The third-order valence-electron chi connectivity index (χ3n) is 0.625. The predicted octanol–water partition coefficient (Wildman–Crippen LogP) is 0.264. The van der Waals surface area contributed by atoms with Crippen LogP contribution in [0.5, 0.6) is 0 Å². The van der Waals surface area contributed by atoms with E-state index in [1.54, 1.807) is 0 Å². The van der Waals surface area contributed by atoms with Gasteiger partial charge in [0.1, 0.15) is 6.20 Å². The Morgan fingerprint density at radius 2 is 2.38 bits per heavy atom. The molecule has 0 aromatic carbocycles. The smallest absolute Gasteiger partial charge is 0.255 e. The van der Waals surface area contributed by atoms with Gasteiger partial charge in [-0.05, 0) is 0 Å². The first kappa shape index (κ1) is 5.24. The van der Waals surface area contributed by atoms with Crippen LogP contribution >= 0.6 is 0 Å². The normalized spacial score (nSPS) is 8.50. The molecule has 1 aromatic heterocycles. The van der Waals surface area contributed by atoms with Crippen molar-refractivity contribution in [2.45, 2.75) is 5.03 Å². The highest BCUT2D eigenvalue weighted by Crippen LogP contribution is 1.85. The van der Waals surface area contributed by atoms with Gasteiger partial charge in [-0.2, -0.15) is 4.98 Å². The summed E-state index contributed by atoms with van der Waals surface area (Å²) in [5.74, 6) is 0. The van der Waals surface area contributed by atoms with Gasteiger partial charge in [-0.1, -0.05) is 0 Å². The molecule has 4 heteroatoms. The van der Waals surface area contributed by atoms with Gasteiger partial charge in [0.05, 0.1) is 6.20 Å². The fourth-order valence-corrected chi connectivity index (χ4v) is 0.536. The Kier molecular flexibility index (Phi) is 1.58. The average Bonchev–Trinajstić information content (AvgIpc) is 1.90. The minimum atomic E-state index is 0.345. The van der Waals surface area contributed by atoms with E-state index in [1.807, 2.05) is 0 Å². The SMILES string of the molecule is O=[S+]c1cnccn1. The first-order valence-corrected chi connectivity index (χ1v) is 2.73. The highest BCUT2D eigenvalue weighted by Gasteiger charge is 2.03. The summed E-state index contributed by atoms with van der Waals surface area (Å²) in [6, 6.07) is 0. The van der Waals surface area contributed by atoms with Crippen LogP contribution in [-0.2, 0) is 15.9 Å². The third-order valence-corrected chi connectivity index (χ3v) is 1.01. The zero-order valence-corrected chi connectivity index (χ0v) is 4.76. The van der Waals surface area contributed by atoms with Crippen molar-refractivity contribution >= 4 is 11.7 Å². The van der Waals surface area contributed by atoms with Crippen molar-refractivity contribution in [3.63, 3.8) is 0 Å². The fourth-order valence-electron chi connectivity index (χ4n) is 0.328. The van der Waals surface area contributed by atoms with Gasteiger partial charge in [0.25, 0.3) is 0 Å². The lowest BCUT2D eigenvalue weighted by Crippen LogP contribution is -1.79. The lowest BCUT2D eigenvalue weighted by atomic mass is 10.8. The monoisotopic (exact) mass is 127 g/mol. The molecule has 0 amide bonds. The third kappa shape index (κ3) is 1.04. The molecule has 0 unspecified atom stereocenters. The summed E-state index contributed by atoms with van der Waals surface area (Å²) in [6.45, 7) is 0. The standard InChI is InChI=1S/C4H3N2OS/c7-8-4-3-5-1-2-6-4/h1-3H/q+1. The largest absolute Gasteiger partial charge is 0.528 e. The summed E-state index contributed by atoms with van der Waals surface area (Å²) in [6.07, 6.45) is 4.44. The van der Waals surface area contributed by atoms with Gasteiger partial charge in [-0.3, -0.25) is 4.98 Å². The van der Waals surface area contributed by atoms with Crippen LogP contribution in [0.1, 0.15) is 0 Å². The molecule has 0 saturated carbocycles. The quantitative estimate of drug-likeness (QED) is 0.508. The summed E-state index contributed by atoms with van der Waals surface area (Å²) in [7, 11) is 0. The van der Waals surface area contributed by atoms with Crippen LogP contribution < -0.4 is 0 Å². The van der Waals surface area contributed by atoms with Crippen molar-refractivity contribution < 1.29 is 4.21 Å². The molecule has 8 heavy (non-hydrogen) atoms. The summed E-state index contributed by atoms with van der Waals surface area (Å²) in [4.78, 5) is 7.36. The van der Waals surface area contributed by atoms with Crippen molar-refractivity contribution in [1.29, 1.82) is 0 Å². The van der Waals surface area contributed by atoms with Gasteiger partial charge in [-0.25, -0.2) is 0 Å². The molecule has 3 nitrogen and oxygen atoms in total. The van der Waals surface area contributed by atoms with E-state index in [0.717, 1.165) is 0 Å². The van der Waals surface area contributed by atoms with E-state index in [-0.39, 0.29) is 0 Å². The van der Waals surface area contributed by atoms with Gasteiger partial charge in [0, 0.05) is 10.4 Å². The molecule has 0 bridgehead atoms. The lowest BCUT2D eigenvalue weighted by molar-refractivity contribution is 0.603. The zero-order valence-electron chi connectivity index (χ0n) is 3.94. The number of nitrogens with zero attached hydrogens (tertiary/aromatic N) is 2. The highest BCUT2D eigenvalue weighted by atomic mass is 32.1. The molecule has 1 heterocycles. The number of aromatic nitrogens is 2. The van der Waals surface area contributed by atoms with Gasteiger partial charge >= 0.3 is 16.7 Å². The molecule has 0 fully saturated rings. The van der Waals surface area contributed by atoms with Gasteiger partial charge in [-0.15, -0.1) is 0 Å². The highest BCUT2D eigenvalue weighted by molar-refractivity contribution is 7.65. The maximum Gasteiger partial charge on any atom is 0.528 e. The van der Waals surface area contributed by atoms with Crippen molar-refractivity contribution in [2.75, 3.05) is 0 Å². The molecular weight excluding hydrogens is 124 g/mol. The summed E-state index contributed by atoms with van der Waals surface area (Å²) in [5.41, 5.74) is 0. The van der Waals surface area contributed by atoms with E-state index < -0.39 is 0 Å². The van der Waals surface area contributed by atoms with E-state index in [9.17, 15) is 4.21 Å². The summed E-state index contributed by atoms with van der Waals surface area (Å²) in [5, 5.41) is 0.410. The second kappa shape index (κ2) is 2.42. The molecule has 0 aliphatic carbocycles. The zero-order chi connectivity index (χ0) is 5.82. The lowest BCUT2D eigenvalue weighted by Gasteiger charge is -1.70. The van der Waals surface area contributed by atoms with Crippen LogP contribution in [0.15, 0.2) is 23.6 Å². The molecule has 0 radical (unpaired) electrons. The molecule has 1 aromatic rings. The van der Waals surface area contributed by atoms with Crippen molar-refractivity contribution in [3.05, 3.63) is 18.6 Å².